The summed E-state index contributed by atoms with van der Waals surface area (Å²) < 4.78 is 27.0. The van der Waals surface area contributed by atoms with Crippen LogP contribution in [0, 0.1) is 0 Å². The third-order valence-electron chi connectivity index (χ3n) is 1.56. The first-order valence-corrected chi connectivity index (χ1v) is 6.71. The molecule has 2 rings (SSSR count). The zero-order chi connectivity index (χ0) is 10.2. The highest BCUT2D eigenvalue weighted by Gasteiger charge is 2.19. The second kappa shape index (κ2) is 3.38. The summed E-state index contributed by atoms with van der Waals surface area (Å²) in [7, 11) is 1.54. The topological polar surface area (TPSA) is 60.2 Å². The average molecular weight is 250 g/mol. The van der Waals surface area contributed by atoms with Gasteiger partial charge in [-0.15, -0.1) is 11.3 Å². The molecule has 0 aliphatic carbocycles. The maximum absolute atomic E-state index is 11.1. The Kier molecular flexibility index (Phi) is 2.34. The van der Waals surface area contributed by atoms with Crippen LogP contribution in [0.2, 0.25) is 0 Å². The van der Waals surface area contributed by atoms with Crippen LogP contribution in [0.25, 0.3) is 11.3 Å². The van der Waals surface area contributed by atoms with Crippen LogP contribution >= 0.6 is 22.0 Å². The highest BCUT2D eigenvalue weighted by molar-refractivity contribution is 8.15. The number of halogens is 1. The van der Waals surface area contributed by atoms with Crippen LogP contribution in [-0.2, 0) is 9.05 Å². The van der Waals surface area contributed by atoms with Gasteiger partial charge < -0.3 is 4.52 Å². The van der Waals surface area contributed by atoms with Crippen molar-refractivity contribution in [2.75, 3.05) is 0 Å². The van der Waals surface area contributed by atoms with Gasteiger partial charge in [-0.3, -0.25) is 0 Å². The van der Waals surface area contributed by atoms with Crippen molar-refractivity contribution in [2.45, 2.75) is 4.21 Å². The fraction of sp³-hybridized carbons (Fsp3) is 0. The van der Waals surface area contributed by atoms with Gasteiger partial charge in [0.05, 0.1) is 0 Å². The van der Waals surface area contributed by atoms with Crippen molar-refractivity contribution in [2.24, 2.45) is 0 Å². The van der Waals surface area contributed by atoms with E-state index in [2.05, 4.69) is 9.68 Å². The lowest BCUT2D eigenvalue weighted by molar-refractivity contribution is 0.422. The molecule has 0 saturated carbocycles. The molecule has 0 fully saturated rings. The smallest absolute Gasteiger partial charge is 0.271 e. The van der Waals surface area contributed by atoms with E-state index in [9.17, 15) is 8.42 Å². The first-order valence-electron chi connectivity index (χ1n) is 3.52. The number of nitrogens with zero attached hydrogens (tertiary/aromatic N) is 1. The second-order valence-corrected chi connectivity index (χ2v) is 6.12. The molecule has 0 radical (unpaired) electrons. The number of rotatable bonds is 2. The van der Waals surface area contributed by atoms with Crippen LogP contribution in [0.5, 0.6) is 0 Å². The molecule has 0 saturated heterocycles. The lowest BCUT2D eigenvalue weighted by atomic mass is 10.2. The van der Waals surface area contributed by atoms with E-state index in [0.717, 1.165) is 11.3 Å². The maximum atomic E-state index is 11.1. The van der Waals surface area contributed by atoms with E-state index in [1.54, 1.807) is 17.5 Å². The molecule has 0 unspecified atom stereocenters. The van der Waals surface area contributed by atoms with Crippen molar-refractivity contribution in [3.05, 3.63) is 23.8 Å². The molecule has 7 heteroatoms. The summed E-state index contributed by atoms with van der Waals surface area (Å²) in [5.74, 6) is 0. The quantitative estimate of drug-likeness (QED) is 0.767. The van der Waals surface area contributed by atoms with Crippen LogP contribution < -0.4 is 0 Å². The fourth-order valence-electron chi connectivity index (χ4n) is 1.03. The Hall–Kier alpha value is -0.850. The molecule has 0 N–H and O–H groups in total. The van der Waals surface area contributed by atoms with Crippen molar-refractivity contribution >= 4 is 31.1 Å². The molecular formula is C7H4ClNO3S2. The van der Waals surface area contributed by atoms with Gasteiger partial charge in [0.1, 0.15) is 16.2 Å². The van der Waals surface area contributed by atoms with Crippen LogP contribution in [0.3, 0.4) is 0 Å². The molecule has 0 aromatic carbocycles. The summed E-state index contributed by atoms with van der Waals surface area (Å²) in [4.78, 5) is 0. The molecule has 0 atom stereocenters. The Labute approximate surface area is 88.5 Å². The van der Waals surface area contributed by atoms with Crippen molar-refractivity contribution in [3.63, 3.8) is 0 Å². The zero-order valence-corrected chi connectivity index (χ0v) is 9.06. The van der Waals surface area contributed by atoms with E-state index < -0.39 is 9.05 Å². The molecule has 0 spiro atoms. The fourth-order valence-corrected chi connectivity index (χ4v) is 3.29. The molecule has 0 aliphatic rings. The number of thiophene rings is 1. The molecular weight excluding hydrogens is 246 g/mol. The third kappa shape index (κ3) is 1.68. The Balaban J connectivity index is 2.62. The van der Waals surface area contributed by atoms with E-state index in [4.69, 9.17) is 10.7 Å². The van der Waals surface area contributed by atoms with Crippen LogP contribution in [0.1, 0.15) is 0 Å². The van der Waals surface area contributed by atoms with Gasteiger partial charge in [0, 0.05) is 22.3 Å². The number of hydrogen-bond donors (Lipinski definition) is 0. The molecule has 14 heavy (non-hydrogen) atoms. The van der Waals surface area contributed by atoms with Gasteiger partial charge in [-0.2, -0.15) is 0 Å². The lowest BCUT2D eigenvalue weighted by Gasteiger charge is -1.94. The van der Waals surface area contributed by atoms with E-state index in [-0.39, 0.29) is 4.21 Å². The highest BCUT2D eigenvalue weighted by atomic mass is 35.7. The molecule has 0 aliphatic heterocycles. The van der Waals surface area contributed by atoms with E-state index in [1.165, 1.54) is 6.26 Å². The monoisotopic (exact) mass is 249 g/mol. The summed E-state index contributed by atoms with van der Waals surface area (Å²) in [6.45, 7) is 0. The van der Waals surface area contributed by atoms with Crippen LogP contribution in [0.15, 0.2) is 32.5 Å². The van der Waals surface area contributed by atoms with Crippen molar-refractivity contribution in [3.8, 4) is 11.3 Å². The van der Waals surface area contributed by atoms with Gasteiger partial charge in [-0.1, -0.05) is 5.16 Å². The predicted octanol–water partition coefficient (Wildman–Crippen LogP) is 2.33. The molecule has 0 bridgehead atoms. The molecule has 0 amide bonds. The summed E-state index contributed by atoms with van der Waals surface area (Å²) in [6.07, 6.45) is 1.37. The van der Waals surface area contributed by atoms with Gasteiger partial charge in [-0.05, 0) is 11.4 Å². The standard InChI is InChI=1S/C7H4ClNO3S2/c8-14(10,11)7-5(2-4-13-7)6-1-3-12-9-6/h1-4H. The first kappa shape index (κ1) is 9.70. The van der Waals surface area contributed by atoms with Gasteiger partial charge >= 0.3 is 0 Å². The third-order valence-corrected chi connectivity index (χ3v) is 4.62. The molecule has 74 valence electrons. The highest BCUT2D eigenvalue weighted by Crippen LogP contribution is 2.33. The normalized spacial score (nSPS) is 11.8. The molecule has 2 aromatic heterocycles. The van der Waals surface area contributed by atoms with Crippen molar-refractivity contribution in [1.29, 1.82) is 0 Å². The Morgan fingerprint density at radius 3 is 2.79 bits per heavy atom. The minimum absolute atomic E-state index is 0.0908. The SMILES string of the molecule is O=S(=O)(Cl)c1sccc1-c1ccon1. The first-order chi connectivity index (χ1) is 6.59. The average Bonchev–Trinajstić information content (AvgIpc) is 2.73. The molecule has 2 heterocycles. The minimum atomic E-state index is -3.71. The maximum Gasteiger partial charge on any atom is 0.271 e. The Morgan fingerprint density at radius 1 is 1.43 bits per heavy atom. The summed E-state index contributed by atoms with van der Waals surface area (Å²) in [6, 6.07) is 3.21. The van der Waals surface area contributed by atoms with E-state index >= 15 is 0 Å². The molecule has 2 aromatic rings. The predicted molar refractivity (Wildman–Crippen MR) is 52.9 cm³/mol. The summed E-state index contributed by atoms with van der Waals surface area (Å²) >= 11 is 1.05. The minimum Gasteiger partial charge on any atom is -0.364 e. The second-order valence-electron chi connectivity index (χ2n) is 2.44. The Morgan fingerprint density at radius 2 is 2.21 bits per heavy atom. The van der Waals surface area contributed by atoms with Crippen LogP contribution in [0.4, 0.5) is 0 Å². The largest absolute Gasteiger partial charge is 0.364 e. The van der Waals surface area contributed by atoms with Gasteiger partial charge in [0.2, 0.25) is 0 Å². The number of aromatic nitrogens is 1. The van der Waals surface area contributed by atoms with E-state index in [0.29, 0.717) is 11.3 Å². The Bertz CT molecular complexity index is 529. The summed E-state index contributed by atoms with van der Waals surface area (Å²) in [5.41, 5.74) is 0.934. The van der Waals surface area contributed by atoms with Gasteiger partial charge in [-0.25, -0.2) is 8.42 Å². The van der Waals surface area contributed by atoms with Crippen LogP contribution in [-0.4, -0.2) is 13.6 Å². The zero-order valence-electron chi connectivity index (χ0n) is 6.68. The molecule has 4 nitrogen and oxygen atoms in total. The van der Waals surface area contributed by atoms with Gasteiger partial charge in [0.25, 0.3) is 9.05 Å². The van der Waals surface area contributed by atoms with Gasteiger partial charge in [0.15, 0.2) is 0 Å². The van der Waals surface area contributed by atoms with Crippen molar-refractivity contribution < 1.29 is 12.9 Å². The lowest BCUT2D eigenvalue weighted by Crippen LogP contribution is -1.88. The summed E-state index contributed by atoms with van der Waals surface area (Å²) in [5, 5.41) is 5.28. The van der Waals surface area contributed by atoms with Crippen molar-refractivity contribution in [1.82, 2.24) is 5.16 Å². The number of hydrogen-bond acceptors (Lipinski definition) is 5. The van der Waals surface area contributed by atoms with E-state index in [1.807, 2.05) is 0 Å².